The van der Waals surface area contributed by atoms with Gasteiger partial charge < -0.3 is 9.47 Å². The number of carbonyl (C=O) groups excluding carboxylic acids is 2. The van der Waals surface area contributed by atoms with E-state index in [9.17, 15) is 9.59 Å². The molecule has 0 aromatic heterocycles. The molecule has 0 unspecified atom stereocenters. The van der Waals surface area contributed by atoms with Crippen LogP contribution in [0.3, 0.4) is 0 Å². The summed E-state index contributed by atoms with van der Waals surface area (Å²) in [6.07, 6.45) is 2.20. The molecule has 0 saturated heterocycles. The topological polar surface area (TPSA) is 52.6 Å². The van der Waals surface area contributed by atoms with Gasteiger partial charge in [0, 0.05) is 23.3 Å². The second kappa shape index (κ2) is 8.16. The maximum absolute atomic E-state index is 11.1. The van der Waals surface area contributed by atoms with E-state index in [0.717, 1.165) is 23.3 Å². The van der Waals surface area contributed by atoms with Crippen molar-refractivity contribution in [3.8, 4) is 23.3 Å². The Labute approximate surface area is 140 Å². The van der Waals surface area contributed by atoms with E-state index in [0.29, 0.717) is 11.5 Å². The van der Waals surface area contributed by atoms with Crippen LogP contribution in [0.4, 0.5) is 0 Å². The van der Waals surface area contributed by atoms with Crippen molar-refractivity contribution < 1.29 is 19.1 Å². The van der Waals surface area contributed by atoms with Crippen molar-refractivity contribution in [1.29, 1.82) is 0 Å². The zero-order valence-corrected chi connectivity index (χ0v) is 12.8. The summed E-state index contributed by atoms with van der Waals surface area (Å²) < 4.78 is 9.96. The Morgan fingerprint density at radius 1 is 0.708 bits per heavy atom. The largest absolute Gasteiger partial charge is 0.423 e. The van der Waals surface area contributed by atoms with Crippen molar-refractivity contribution in [2.45, 2.75) is 0 Å². The van der Waals surface area contributed by atoms with Crippen molar-refractivity contribution in [1.82, 2.24) is 0 Å². The summed E-state index contributed by atoms with van der Waals surface area (Å²) in [5.41, 5.74) is 1.55. The maximum Gasteiger partial charge on any atom is 0.335 e. The Hall–Kier alpha value is -3.58. The quantitative estimate of drug-likeness (QED) is 0.376. The average Bonchev–Trinajstić information content (AvgIpc) is 2.62. The van der Waals surface area contributed by atoms with Gasteiger partial charge in [-0.1, -0.05) is 25.0 Å². The number of ether oxygens (including phenoxy) is 2. The minimum absolute atomic E-state index is 0.429. The molecule has 0 spiro atoms. The van der Waals surface area contributed by atoms with Gasteiger partial charge in [0.1, 0.15) is 11.5 Å². The number of hydrogen-bond acceptors (Lipinski definition) is 4. The number of esters is 2. The lowest BCUT2D eigenvalue weighted by molar-refractivity contribution is -0.129. The Bertz CT molecular complexity index is 749. The van der Waals surface area contributed by atoms with Gasteiger partial charge in [-0.05, 0) is 48.5 Å². The van der Waals surface area contributed by atoms with Crippen LogP contribution in [-0.2, 0) is 9.59 Å². The van der Waals surface area contributed by atoms with Crippen molar-refractivity contribution in [3.63, 3.8) is 0 Å². The van der Waals surface area contributed by atoms with Crippen LogP contribution < -0.4 is 9.47 Å². The van der Waals surface area contributed by atoms with Crippen LogP contribution in [0, 0.1) is 11.8 Å². The smallest absolute Gasteiger partial charge is 0.335 e. The molecule has 2 rings (SSSR count). The van der Waals surface area contributed by atoms with Crippen LogP contribution in [0.15, 0.2) is 73.8 Å². The summed E-state index contributed by atoms with van der Waals surface area (Å²) in [5.74, 6) is 5.83. The molecule has 0 aliphatic rings. The summed E-state index contributed by atoms with van der Waals surface area (Å²) in [5, 5.41) is 0. The van der Waals surface area contributed by atoms with Gasteiger partial charge in [-0.3, -0.25) is 0 Å². The Morgan fingerprint density at radius 3 is 1.33 bits per heavy atom. The van der Waals surface area contributed by atoms with Gasteiger partial charge in [-0.25, -0.2) is 9.59 Å². The predicted molar refractivity (Wildman–Crippen MR) is 90.5 cm³/mol. The molecule has 0 atom stereocenters. The number of hydrogen-bond donors (Lipinski definition) is 0. The molecular formula is C20H14O4. The van der Waals surface area contributed by atoms with E-state index in [2.05, 4.69) is 25.0 Å². The molecule has 0 saturated carbocycles. The molecule has 0 fully saturated rings. The van der Waals surface area contributed by atoms with Crippen LogP contribution in [0.1, 0.15) is 11.1 Å². The Balaban J connectivity index is 2.04. The van der Waals surface area contributed by atoms with Crippen LogP contribution in [-0.4, -0.2) is 11.9 Å². The lowest BCUT2D eigenvalue weighted by Crippen LogP contribution is -2.02. The first kappa shape index (κ1) is 16.8. The highest BCUT2D eigenvalue weighted by Gasteiger charge is 2.00. The van der Waals surface area contributed by atoms with E-state index in [1.165, 1.54) is 0 Å². The van der Waals surface area contributed by atoms with Gasteiger partial charge in [-0.15, -0.1) is 0 Å². The van der Waals surface area contributed by atoms with Crippen LogP contribution in [0.2, 0.25) is 0 Å². The average molecular weight is 318 g/mol. The SMILES string of the molecule is C=CC(=O)Oc1ccc(C#Cc2ccc(OC(=O)C=C)cc2)cc1. The van der Waals surface area contributed by atoms with Crippen molar-refractivity contribution >= 4 is 11.9 Å². The van der Waals surface area contributed by atoms with Crippen LogP contribution >= 0.6 is 0 Å². The van der Waals surface area contributed by atoms with E-state index < -0.39 is 11.9 Å². The standard InChI is InChI=1S/C20H14O4/c1-3-19(21)23-17-11-7-15(8-12-17)5-6-16-9-13-18(14-10-16)24-20(22)4-2/h3-4,7-14H,1-2H2. The third kappa shape index (κ3) is 5.00. The summed E-state index contributed by atoms with van der Waals surface area (Å²) in [4.78, 5) is 22.2. The first-order valence-corrected chi connectivity index (χ1v) is 7.01. The zero-order chi connectivity index (χ0) is 17.4. The number of rotatable bonds is 4. The van der Waals surface area contributed by atoms with E-state index in [-0.39, 0.29) is 0 Å². The second-order valence-electron chi connectivity index (χ2n) is 4.55. The number of carbonyl (C=O) groups is 2. The van der Waals surface area contributed by atoms with Crippen molar-refractivity contribution in [2.24, 2.45) is 0 Å². The summed E-state index contributed by atoms with van der Waals surface area (Å²) in [6.45, 7) is 6.67. The molecule has 0 aliphatic heterocycles. The molecule has 2 aromatic rings. The van der Waals surface area contributed by atoms with Gasteiger partial charge in [0.05, 0.1) is 0 Å². The summed E-state index contributed by atoms with van der Waals surface area (Å²) in [7, 11) is 0. The van der Waals surface area contributed by atoms with E-state index in [1.807, 2.05) is 0 Å². The predicted octanol–water partition coefficient (Wildman–Crippen LogP) is 3.27. The first-order chi connectivity index (χ1) is 11.6. The summed E-state index contributed by atoms with van der Waals surface area (Å²) in [6, 6.07) is 13.6. The highest BCUT2D eigenvalue weighted by atomic mass is 16.5. The molecular weight excluding hydrogens is 304 g/mol. The molecule has 4 heteroatoms. The molecule has 0 heterocycles. The molecule has 2 aromatic carbocycles. The molecule has 24 heavy (non-hydrogen) atoms. The van der Waals surface area contributed by atoms with Crippen molar-refractivity contribution in [3.05, 3.63) is 85.0 Å². The third-order valence-electron chi connectivity index (χ3n) is 2.83. The molecule has 118 valence electrons. The minimum Gasteiger partial charge on any atom is -0.423 e. The molecule has 0 N–H and O–H groups in total. The molecule has 0 aliphatic carbocycles. The van der Waals surface area contributed by atoms with Gasteiger partial charge in [-0.2, -0.15) is 0 Å². The molecule has 4 nitrogen and oxygen atoms in total. The van der Waals surface area contributed by atoms with E-state index >= 15 is 0 Å². The van der Waals surface area contributed by atoms with Gasteiger partial charge in [0.25, 0.3) is 0 Å². The molecule has 0 amide bonds. The Kier molecular flexibility index (Phi) is 5.71. The van der Waals surface area contributed by atoms with Crippen LogP contribution in [0.25, 0.3) is 0 Å². The molecule has 0 radical (unpaired) electrons. The molecule has 0 bridgehead atoms. The highest BCUT2D eigenvalue weighted by molar-refractivity contribution is 5.83. The fourth-order valence-corrected chi connectivity index (χ4v) is 1.67. The second-order valence-corrected chi connectivity index (χ2v) is 4.55. The first-order valence-electron chi connectivity index (χ1n) is 7.01. The van der Waals surface area contributed by atoms with E-state index in [4.69, 9.17) is 9.47 Å². The van der Waals surface area contributed by atoms with Crippen LogP contribution in [0.5, 0.6) is 11.5 Å². The fraction of sp³-hybridized carbons (Fsp3) is 0. The summed E-state index contributed by atoms with van der Waals surface area (Å²) >= 11 is 0. The van der Waals surface area contributed by atoms with Crippen molar-refractivity contribution in [2.75, 3.05) is 0 Å². The van der Waals surface area contributed by atoms with Gasteiger partial charge in [0.15, 0.2) is 0 Å². The fourth-order valence-electron chi connectivity index (χ4n) is 1.67. The lowest BCUT2D eigenvalue weighted by atomic mass is 10.2. The lowest BCUT2D eigenvalue weighted by Gasteiger charge is -2.01. The third-order valence-corrected chi connectivity index (χ3v) is 2.83. The highest BCUT2D eigenvalue weighted by Crippen LogP contribution is 2.13. The van der Waals surface area contributed by atoms with E-state index in [1.54, 1.807) is 48.5 Å². The van der Waals surface area contributed by atoms with Gasteiger partial charge in [0.2, 0.25) is 0 Å². The minimum atomic E-state index is -0.508. The maximum atomic E-state index is 11.1. The number of benzene rings is 2. The van der Waals surface area contributed by atoms with Gasteiger partial charge >= 0.3 is 11.9 Å². The monoisotopic (exact) mass is 318 g/mol. The Morgan fingerprint density at radius 2 is 1.04 bits per heavy atom. The normalized spacial score (nSPS) is 9.17. The zero-order valence-electron chi connectivity index (χ0n) is 12.8.